The molecule has 1 aromatic heterocycles. The second kappa shape index (κ2) is 5.62. The number of halogens is 1. The molecule has 1 aliphatic rings. The summed E-state index contributed by atoms with van der Waals surface area (Å²) in [5, 5.41) is 14.2. The van der Waals surface area contributed by atoms with E-state index in [4.69, 9.17) is 0 Å². The number of piperidine rings is 1. The number of pyridine rings is 1. The van der Waals surface area contributed by atoms with Gasteiger partial charge < -0.3 is 10.2 Å². The Morgan fingerprint density at radius 2 is 2.39 bits per heavy atom. The molecule has 0 bridgehead atoms. The van der Waals surface area contributed by atoms with Crippen LogP contribution in [0.3, 0.4) is 0 Å². The van der Waals surface area contributed by atoms with Crippen molar-refractivity contribution >= 4 is 27.3 Å². The van der Waals surface area contributed by atoms with E-state index in [1.165, 1.54) is 6.20 Å². The summed E-state index contributed by atoms with van der Waals surface area (Å²) in [7, 11) is 2.06. The molecule has 1 N–H and O–H groups in total. The highest BCUT2D eigenvalue weighted by Crippen LogP contribution is 2.32. The normalized spacial score (nSPS) is 20.7. The van der Waals surface area contributed by atoms with Crippen LogP contribution >= 0.6 is 15.9 Å². The molecule has 1 saturated heterocycles. The van der Waals surface area contributed by atoms with Gasteiger partial charge in [0.15, 0.2) is 0 Å². The third-order valence-electron chi connectivity index (χ3n) is 3.05. The fraction of sp³-hybridized carbons (Fsp3) is 0.545. The first-order valence-corrected chi connectivity index (χ1v) is 6.60. The van der Waals surface area contributed by atoms with Gasteiger partial charge in [0, 0.05) is 18.8 Å². The summed E-state index contributed by atoms with van der Waals surface area (Å²) in [5.41, 5.74) is 0.535. The first-order valence-electron chi connectivity index (χ1n) is 5.81. The number of likely N-dealkylation sites (N-methyl/N-ethyl adjacent to an activating group) is 1. The molecule has 7 heteroatoms. The lowest BCUT2D eigenvalue weighted by Gasteiger charge is -2.30. The molecule has 98 valence electrons. The second-order valence-corrected chi connectivity index (χ2v) is 5.37. The maximum Gasteiger partial charge on any atom is 0.311 e. The lowest BCUT2D eigenvalue weighted by molar-refractivity contribution is -0.384. The number of hydrogen-bond acceptors (Lipinski definition) is 5. The second-order valence-electron chi connectivity index (χ2n) is 4.52. The predicted molar refractivity (Wildman–Crippen MR) is 72.7 cm³/mol. The van der Waals surface area contributed by atoms with Crippen LogP contribution in [-0.4, -0.2) is 41.0 Å². The van der Waals surface area contributed by atoms with Crippen LogP contribution in [0.1, 0.15) is 12.8 Å². The molecule has 18 heavy (non-hydrogen) atoms. The Balaban J connectivity index is 2.20. The van der Waals surface area contributed by atoms with Gasteiger partial charge >= 0.3 is 5.69 Å². The topological polar surface area (TPSA) is 71.3 Å². The molecule has 0 spiro atoms. The number of hydrogen-bond donors (Lipinski definition) is 1. The third-order valence-corrected chi connectivity index (χ3v) is 3.65. The molecule has 1 fully saturated rings. The maximum atomic E-state index is 11.0. The fourth-order valence-electron chi connectivity index (χ4n) is 2.19. The van der Waals surface area contributed by atoms with E-state index in [0.717, 1.165) is 25.9 Å². The van der Waals surface area contributed by atoms with E-state index in [2.05, 4.69) is 38.2 Å². The first kappa shape index (κ1) is 13.2. The number of nitrogens with zero attached hydrogens (tertiary/aromatic N) is 3. The van der Waals surface area contributed by atoms with Crippen LogP contribution in [-0.2, 0) is 0 Å². The van der Waals surface area contributed by atoms with Crippen molar-refractivity contribution in [1.29, 1.82) is 0 Å². The molecule has 0 amide bonds. The number of nitrogens with one attached hydrogen (secondary N) is 1. The number of likely N-dealkylation sites (tertiary alicyclic amines) is 1. The highest BCUT2D eigenvalue weighted by atomic mass is 79.9. The number of aromatic nitrogens is 1. The molecule has 2 heterocycles. The smallest absolute Gasteiger partial charge is 0.311 e. The highest BCUT2D eigenvalue weighted by Gasteiger charge is 2.23. The minimum Gasteiger partial charge on any atom is -0.374 e. The monoisotopic (exact) mass is 314 g/mol. The summed E-state index contributed by atoms with van der Waals surface area (Å²) in [6.45, 7) is 1.98. The number of rotatable bonds is 3. The summed E-state index contributed by atoms with van der Waals surface area (Å²) in [5.74, 6) is 0. The largest absolute Gasteiger partial charge is 0.374 e. The quantitative estimate of drug-likeness (QED) is 0.684. The van der Waals surface area contributed by atoms with Crippen LogP contribution in [0.5, 0.6) is 0 Å². The van der Waals surface area contributed by atoms with Crippen molar-refractivity contribution in [3.8, 4) is 0 Å². The van der Waals surface area contributed by atoms with E-state index in [-0.39, 0.29) is 11.7 Å². The Hall–Kier alpha value is -1.21. The lowest BCUT2D eigenvalue weighted by Crippen LogP contribution is -2.39. The van der Waals surface area contributed by atoms with Crippen LogP contribution in [0.4, 0.5) is 11.4 Å². The van der Waals surface area contributed by atoms with Gasteiger partial charge in [-0.1, -0.05) is 0 Å². The van der Waals surface area contributed by atoms with Crippen molar-refractivity contribution in [2.24, 2.45) is 0 Å². The van der Waals surface area contributed by atoms with Crippen molar-refractivity contribution in [1.82, 2.24) is 9.88 Å². The number of anilines is 1. The van der Waals surface area contributed by atoms with E-state index in [9.17, 15) is 10.1 Å². The molecular weight excluding hydrogens is 300 g/mol. The zero-order chi connectivity index (χ0) is 13.1. The molecule has 1 aromatic rings. The Morgan fingerprint density at radius 3 is 3.06 bits per heavy atom. The molecular formula is C11H15BrN4O2. The Kier molecular flexibility index (Phi) is 4.13. The molecule has 1 unspecified atom stereocenters. The molecule has 1 atom stereocenters. The summed E-state index contributed by atoms with van der Waals surface area (Å²) in [6, 6.07) is 0.237. The predicted octanol–water partition coefficient (Wildman–Crippen LogP) is 2.26. The van der Waals surface area contributed by atoms with Crippen LogP contribution in [0.2, 0.25) is 0 Å². The molecule has 0 radical (unpaired) electrons. The summed E-state index contributed by atoms with van der Waals surface area (Å²) < 4.78 is 0.630. The van der Waals surface area contributed by atoms with E-state index in [0.29, 0.717) is 10.2 Å². The summed E-state index contributed by atoms with van der Waals surface area (Å²) >= 11 is 3.31. The van der Waals surface area contributed by atoms with E-state index >= 15 is 0 Å². The molecule has 0 saturated carbocycles. The molecule has 0 aliphatic carbocycles. The zero-order valence-electron chi connectivity index (χ0n) is 10.1. The standard InChI is InChI=1S/C11H15BrN4O2/c1-15-4-2-3-8(7-15)14-11-9(12)5-13-6-10(11)16(17)18/h5-6,8H,2-4,7H2,1H3,(H,13,14). The molecule has 6 nitrogen and oxygen atoms in total. The van der Waals surface area contributed by atoms with E-state index < -0.39 is 4.92 Å². The van der Waals surface area contributed by atoms with Crippen molar-refractivity contribution < 1.29 is 4.92 Å². The van der Waals surface area contributed by atoms with Crippen molar-refractivity contribution in [2.75, 3.05) is 25.5 Å². The van der Waals surface area contributed by atoms with Gasteiger partial charge in [-0.05, 0) is 42.4 Å². The van der Waals surface area contributed by atoms with Crippen molar-refractivity contribution in [3.05, 3.63) is 27.0 Å². The Labute approximate surface area is 114 Å². The van der Waals surface area contributed by atoms with Crippen molar-refractivity contribution in [2.45, 2.75) is 18.9 Å². The lowest BCUT2D eigenvalue weighted by atomic mass is 10.1. The molecule has 0 aromatic carbocycles. The van der Waals surface area contributed by atoms with Gasteiger partial charge in [-0.15, -0.1) is 0 Å². The van der Waals surface area contributed by atoms with Gasteiger partial charge in [-0.3, -0.25) is 15.1 Å². The number of nitro groups is 1. The van der Waals surface area contributed by atoms with Gasteiger partial charge in [-0.2, -0.15) is 0 Å². The average Bonchev–Trinajstić information content (AvgIpc) is 2.31. The third kappa shape index (κ3) is 2.97. The average molecular weight is 315 g/mol. The molecule has 1 aliphatic heterocycles. The SMILES string of the molecule is CN1CCCC(Nc2c(Br)cncc2[N+](=O)[O-])C1. The highest BCUT2D eigenvalue weighted by molar-refractivity contribution is 9.10. The van der Waals surface area contributed by atoms with Gasteiger partial charge in [0.05, 0.1) is 9.40 Å². The van der Waals surface area contributed by atoms with Gasteiger partial charge in [-0.25, -0.2) is 0 Å². The molecule has 2 rings (SSSR count). The van der Waals surface area contributed by atoms with Crippen LogP contribution in [0.15, 0.2) is 16.9 Å². The summed E-state index contributed by atoms with van der Waals surface area (Å²) in [4.78, 5) is 16.6. The van der Waals surface area contributed by atoms with Crippen LogP contribution < -0.4 is 5.32 Å². The van der Waals surface area contributed by atoms with Gasteiger partial charge in [0.25, 0.3) is 0 Å². The first-order chi connectivity index (χ1) is 8.58. The fourth-order valence-corrected chi connectivity index (χ4v) is 2.63. The van der Waals surface area contributed by atoms with Gasteiger partial charge in [0.1, 0.15) is 11.9 Å². The van der Waals surface area contributed by atoms with Crippen LogP contribution in [0.25, 0.3) is 0 Å². The Morgan fingerprint density at radius 1 is 1.61 bits per heavy atom. The minimum absolute atomic E-state index is 0.0117. The van der Waals surface area contributed by atoms with Crippen LogP contribution in [0, 0.1) is 10.1 Å². The van der Waals surface area contributed by atoms with Crippen molar-refractivity contribution in [3.63, 3.8) is 0 Å². The summed E-state index contributed by atoms with van der Waals surface area (Å²) in [6.07, 6.45) is 4.97. The maximum absolute atomic E-state index is 11.0. The Bertz CT molecular complexity index is 455. The van der Waals surface area contributed by atoms with Gasteiger partial charge in [0.2, 0.25) is 0 Å². The van der Waals surface area contributed by atoms with E-state index in [1.807, 2.05) is 0 Å². The van der Waals surface area contributed by atoms with E-state index in [1.54, 1.807) is 6.20 Å². The zero-order valence-corrected chi connectivity index (χ0v) is 11.7. The minimum atomic E-state index is -0.410.